The molecule has 4 nitrogen and oxygen atoms in total. The van der Waals surface area contributed by atoms with Crippen LogP contribution in [0.5, 0.6) is 0 Å². The molecule has 3 N–H and O–H groups in total. The van der Waals surface area contributed by atoms with E-state index in [1.807, 2.05) is 0 Å². The van der Waals surface area contributed by atoms with Crippen LogP contribution in [0.25, 0.3) is 0 Å². The second-order valence-electron chi connectivity index (χ2n) is 4.75. The van der Waals surface area contributed by atoms with Gasteiger partial charge in [-0.15, -0.1) is 0 Å². The van der Waals surface area contributed by atoms with E-state index in [9.17, 15) is 8.42 Å². The maximum atomic E-state index is 12.3. The molecule has 0 unspecified atom stereocenters. The maximum Gasteiger partial charge on any atom is 0.242 e. The van der Waals surface area contributed by atoms with Gasteiger partial charge in [-0.3, -0.25) is 0 Å². The number of halogens is 2. The quantitative estimate of drug-likeness (QED) is 0.862. The van der Waals surface area contributed by atoms with E-state index in [-0.39, 0.29) is 22.0 Å². The summed E-state index contributed by atoms with van der Waals surface area (Å²) in [5.74, 6) is 0. The highest BCUT2D eigenvalue weighted by molar-refractivity contribution is 9.10. The van der Waals surface area contributed by atoms with Crippen LogP contribution in [0.3, 0.4) is 0 Å². The van der Waals surface area contributed by atoms with Gasteiger partial charge in [-0.05, 0) is 31.0 Å². The third kappa shape index (κ3) is 3.70. The second kappa shape index (κ2) is 6.10. The molecule has 1 saturated carbocycles. The Bertz CT molecular complexity index is 565. The van der Waals surface area contributed by atoms with Gasteiger partial charge in [-0.2, -0.15) is 0 Å². The minimum atomic E-state index is -3.62. The van der Waals surface area contributed by atoms with Crippen molar-refractivity contribution in [3.63, 3.8) is 0 Å². The van der Waals surface area contributed by atoms with Crippen molar-refractivity contribution in [2.45, 2.75) is 42.7 Å². The molecule has 106 valence electrons. The molecule has 0 amide bonds. The molecule has 1 aromatic carbocycles. The molecule has 1 aromatic rings. The Labute approximate surface area is 126 Å². The van der Waals surface area contributed by atoms with Crippen LogP contribution in [0.15, 0.2) is 27.6 Å². The predicted octanol–water partition coefficient (Wildman–Crippen LogP) is 2.65. The number of rotatable bonds is 3. The van der Waals surface area contributed by atoms with E-state index in [0.29, 0.717) is 0 Å². The maximum absolute atomic E-state index is 12.3. The van der Waals surface area contributed by atoms with Crippen LogP contribution in [0.4, 0.5) is 0 Å². The van der Waals surface area contributed by atoms with Crippen molar-refractivity contribution in [1.29, 1.82) is 0 Å². The van der Waals surface area contributed by atoms with E-state index >= 15 is 0 Å². The van der Waals surface area contributed by atoms with E-state index < -0.39 is 10.0 Å². The lowest BCUT2D eigenvalue weighted by molar-refractivity contribution is 0.361. The monoisotopic (exact) mass is 366 g/mol. The van der Waals surface area contributed by atoms with Gasteiger partial charge in [0.2, 0.25) is 10.0 Å². The molecule has 7 heteroatoms. The van der Waals surface area contributed by atoms with Crippen molar-refractivity contribution in [2.24, 2.45) is 5.73 Å². The van der Waals surface area contributed by atoms with Crippen molar-refractivity contribution in [2.75, 3.05) is 0 Å². The lowest BCUT2D eigenvalue weighted by Crippen LogP contribution is -2.49. The van der Waals surface area contributed by atoms with Gasteiger partial charge < -0.3 is 5.73 Å². The van der Waals surface area contributed by atoms with Gasteiger partial charge >= 0.3 is 0 Å². The van der Waals surface area contributed by atoms with Crippen molar-refractivity contribution in [1.82, 2.24) is 4.72 Å². The Hall–Kier alpha value is -0.140. The van der Waals surface area contributed by atoms with Gasteiger partial charge in [0.15, 0.2) is 0 Å². The van der Waals surface area contributed by atoms with E-state index in [1.54, 1.807) is 12.1 Å². The molecule has 1 aliphatic carbocycles. The van der Waals surface area contributed by atoms with Crippen LogP contribution >= 0.6 is 27.5 Å². The van der Waals surface area contributed by atoms with Crippen molar-refractivity contribution in [3.05, 3.63) is 27.7 Å². The lowest BCUT2D eigenvalue weighted by Gasteiger charge is -2.29. The average Bonchev–Trinajstić information content (AvgIpc) is 2.31. The summed E-state index contributed by atoms with van der Waals surface area (Å²) in [5, 5.41) is 0.200. The zero-order chi connectivity index (χ0) is 14.0. The summed E-state index contributed by atoms with van der Waals surface area (Å²) in [5.41, 5.74) is 5.96. The average molecular weight is 368 g/mol. The minimum absolute atomic E-state index is 0.0927. The molecule has 2 atom stereocenters. The smallest absolute Gasteiger partial charge is 0.242 e. The Balaban J connectivity index is 2.22. The minimum Gasteiger partial charge on any atom is -0.326 e. The van der Waals surface area contributed by atoms with Crippen LogP contribution in [0.1, 0.15) is 25.7 Å². The SMILES string of the molecule is N[C@@H]1CCCC[C@H]1NS(=O)(=O)c1ccc(Br)cc1Cl. The molecule has 0 aliphatic heterocycles. The van der Waals surface area contributed by atoms with Crippen molar-refractivity contribution >= 4 is 37.6 Å². The third-order valence-electron chi connectivity index (χ3n) is 3.31. The second-order valence-corrected chi connectivity index (χ2v) is 7.76. The topological polar surface area (TPSA) is 72.2 Å². The van der Waals surface area contributed by atoms with E-state index in [2.05, 4.69) is 20.7 Å². The highest BCUT2D eigenvalue weighted by Crippen LogP contribution is 2.26. The molecule has 0 saturated heterocycles. The Morgan fingerprint density at radius 2 is 2.00 bits per heavy atom. The molecule has 0 bridgehead atoms. The number of hydrogen-bond acceptors (Lipinski definition) is 3. The van der Waals surface area contributed by atoms with Crippen molar-refractivity contribution < 1.29 is 8.42 Å². The van der Waals surface area contributed by atoms with Crippen LogP contribution in [0.2, 0.25) is 5.02 Å². The Kier molecular flexibility index (Phi) is 4.89. The van der Waals surface area contributed by atoms with Gasteiger partial charge in [0, 0.05) is 16.6 Å². The zero-order valence-corrected chi connectivity index (χ0v) is 13.4. The van der Waals surface area contributed by atoms with Crippen LogP contribution in [-0.2, 0) is 10.0 Å². The fraction of sp³-hybridized carbons (Fsp3) is 0.500. The van der Waals surface area contributed by atoms with Gasteiger partial charge in [0.1, 0.15) is 4.90 Å². The first-order chi connectivity index (χ1) is 8.90. The molecule has 19 heavy (non-hydrogen) atoms. The standard InChI is InChI=1S/C12H16BrClN2O2S/c13-8-5-6-12(9(14)7-8)19(17,18)16-11-4-2-1-3-10(11)15/h5-7,10-11,16H,1-4,15H2/t10-,11-/m1/s1. The predicted molar refractivity (Wildman–Crippen MR) is 79.7 cm³/mol. The van der Waals surface area contributed by atoms with Gasteiger partial charge in [0.05, 0.1) is 5.02 Å². The first-order valence-corrected chi connectivity index (χ1v) is 8.78. The first-order valence-electron chi connectivity index (χ1n) is 6.13. The molecule has 0 heterocycles. The summed E-state index contributed by atoms with van der Waals surface area (Å²) in [4.78, 5) is 0.0927. The lowest BCUT2D eigenvalue weighted by atomic mass is 9.92. The number of sulfonamides is 1. The summed E-state index contributed by atoms with van der Waals surface area (Å²) in [7, 11) is -3.62. The summed E-state index contributed by atoms with van der Waals surface area (Å²) < 4.78 is 28.0. The van der Waals surface area contributed by atoms with Crippen LogP contribution < -0.4 is 10.5 Å². The largest absolute Gasteiger partial charge is 0.326 e. The number of hydrogen-bond donors (Lipinski definition) is 2. The fourth-order valence-corrected chi connectivity index (χ4v) is 4.62. The van der Waals surface area contributed by atoms with Crippen LogP contribution in [-0.4, -0.2) is 20.5 Å². The molecule has 0 spiro atoms. The van der Waals surface area contributed by atoms with E-state index in [4.69, 9.17) is 17.3 Å². The fourth-order valence-electron chi connectivity index (χ4n) is 2.26. The van der Waals surface area contributed by atoms with Gasteiger partial charge in [0.25, 0.3) is 0 Å². The van der Waals surface area contributed by atoms with Gasteiger partial charge in [-0.1, -0.05) is 40.4 Å². The molecule has 1 aliphatic rings. The highest BCUT2D eigenvalue weighted by Gasteiger charge is 2.28. The molecular formula is C12H16BrClN2O2S. The molecule has 0 aromatic heterocycles. The molecule has 0 radical (unpaired) electrons. The molecule has 2 rings (SSSR count). The first kappa shape index (κ1) is 15.3. The van der Waals surface area contributed by atoms with Gasteiger partial charge in [-0.25, -0.2) is 13.1 Å². The zero-order valence-electron chi connectivity index (χ0n) is 10.3. The van der Waals surface area contributed by atoms with E-state index in [0.717, 1.165) is 30.2 Å². The Morgan fingerprint density at radius 1 is 1.32 bits per heavy atom. The Morgan fingerprint density at radius 3 is 2.63 bits per heavy atom. The molecule has 1 fully saturated rings. The van der Waals surface area contributed by atoms with Crippen molar-refractivity contribution in [3.8, 4) is 0 Å². The van der Waals surface area contributed by atoms with E-state index in [1.165, 1.54) is 6.07 Å². The normalized spacial score (nSPS) is 24.4. The van der Waals surface area contributed by atoms with Crippen LogP contribution in [0, 0.1) is 0 Å². The number of nitrogens with one attached hydrogen (secondary N) is 1. The highest BCUT2D eigenvalue weighted by atomic mass is 79.9. The number of nitrogens with two attached hydrogens (primary N) is 1. The molecular weight excluding hydrogens is 352 g/mol. The summed E-state index contributed by atoms with van der Waals surface area (Å²) in [6.07, 6.45) is 3.67. The third-order valence-corrected chi connectivity index (χ3v) is 5.78. The summed E-state index contributed by atoms with van der Waals surface area (Å²) in [6, 6.07) is 4.37. The summed E-state index contributed by atoms with van der Waals surface area (Å²) >= 11 is 9.24. The number of benzene rings is 1. The summed E-state index contributed by atoms with van der Waals surface area (Å²) in [6.45, 7) is 0.